The SMILES string of the molecule is C=C(C)COCCN1CCNC(CC)(CC)C1. The zero-order valence-corrected chi connectivity index (χ0v) is 11.7. The summed E-state index contributed by atoms with van der Waals surface area (Å²) in [5.41, 5.74) is 1.42. The van der Waals surface area contributed by atoms with E-state index in [0.717, 1.165) is 38.4 Å². The van der Waals surface area contributed by atoms with E-state index in [-0.39, 0.29) is 0 Å². The molecule has 0 spiro atoms. The fourth-order valence-electron chi connectivity index (χ4n) is 2.40. The molecule has 1 fully saturated rings. The van der Waals surface area contributed by atoms with Crippen molar-refractivity contribution in [2.45, 2.75) is 39.2 Å². The average molecular weight is 240 g/mol. The zero-order valence-electron chi connectivity index (χ0n) is 11.7. The van der Waals surface area contributed by atoms with Crippen molar-refractivity contribution in [3.8, 4) is 0 Å². The molecule has 0 amide bonds. The standard InChI is InChI=1S/C14H28N2O/c1-5-14(6-2)12-16(8-7-15-14)9-10-17-11-13(3)4/h15H,3,5-12H2,1-2,4H3. The van der Waals surface area contributed by atoms with E-state index in [1.54, 1.807) is 0 Å². The summed E-state index contributed by atoms with van der Waals surface area (Å²) in [5.74, 6) is 0. The smallest absolute Gasteiger partial charge is 0.0672 e. The Morgan fingerprint density at radius 1 is 1.41 bits per heavy atom. The third-order valence-corrected chi connectivity index (χ3v) is 3.71. The Morgan fingerprint density at radius 3 is 2.71 bits per heavy atom. The third kappa shape index (κ3) is 4.78. The van der Waals surface area contributed by atoms with Crippen LogP contribution in [0.15, 0.2) is 12.2 Å². The normalized spacial score (nSPS) is 20.4. The van der Waals surface area contributed by atoms with E-state index < -0.39 is 0 Å². The van der Waals surface area contributed by atoms with E-state index in [9.17, 15) is 0 Å². The van der Waals surface area contributed by atoms with Crippen LogP contribution in [0.25, 0.3) is 0 Å². The highest BCUT2D eigenvalue weighted by atomic mass is 16.5. The molecule has 0 saturated carbocycles. The fourth-order valence-corrected chi connectivity index (χ4v) is 2.40. The van der Waals surface area contributed by atoms with E-state index in [1.807, 2.05) is 6.92 Å². The minimum atomic E-state index is 0.326. The van der Waals surface area contributed by atoms with Gasteiger partial charge >= 0.3 is 0 Å². The number of nitrogens with one attached hydrogen (secondary N) is 1. The molecule has 3 nitrogen and oxygen atoms in total. The van der Waals surface area contributed by atoms with Gasteiger partial charge in [0.25, 0.3) is 0 Å². The highest BCUT2D eigenvalue weighted by Gasteiger charge is 2.31. The predicted molar refractivity (Wildman–Crippen MR) is 73.4 cm³/mol. The quantitative estimate of drug-likeness (QED) is 0.544. The summed E-state index contributed by atoms with van der Waals surface area (Å²) >= 11 is 0. The summed E-state index contributed by atoms with van der Waals surface area (Å²) in [6, 6.07) is 0. The molecule has 0 bridgehead atoms. The van der Waals surface area contributed by atoms with Crippen LogP contribution in [0, 0.1) is 0 Å². The van der Waals surface area contributed by atoms with Crippen molar-refractivity contribution in [3.05, 3.63) is 12.2 Å². The second kappa shape index (κ2) is 7.14. The van der Waals surface area contributed by atoms with Gasteiger partial charge in [0, 0.05) is 31.7 Å². The number of piperazine rings is 1. The molecule has 0 unspecified atom stereocenters. The third-order valence-electron chi connectivity index (χ3n) is 3.71. The van der Waals surface area contributed by atoms with Crippen LogP contribution in [-0.4, -0.2) is 49.8 Å². The molecule has 0 aromatic heterocycles. The van der Waals surface area contributed by atoms with E-state index >= 15 is 0 Å². The molecule has 0 aromatic carbocycles. The molecule has 1 aliphatic heterocycles. The first-order valence-electron chi connectivity index (χ1n) is 6.81. The van der Waals surface area contributed by atoms with E-state index in [1.165, 1.54) is 12.8 Å². The Labute approximate surface area is 106 Å². The lowest BCUT2D eigenvalue weighted by Crippen LogP contribution is -2.60. The van der Waals surface area contributed by atoms with E-state index in [2.05, 4.69) is 30.6 Å². The number of ether oxygens (including phenoxy) is 1. The second-order valence-corrected chi connectivity index (χ2v) is 5.20. The first-order valence-corrected chi connectivity index (χ1v) is 6.81. The molecule has 100 valence electrons. The monoisotopic (exact) mass is 240 g/mol. The van der Waals surface area contributed by atoms with Crippen molar-refractivity contribution in [3.63, 3.8) is 0 Å². The molecule has 1 saturated heterocycles. The van der Waals surface area contributed by atoms with Gasteiger partial charge in [-0.25, -0.2) is 0 Å². The van der Waals surface area contributed by atoms with Gasteiger partial charge in [-0.3, -0.25) is 4.90 Å². The topological polar surface area (TPSA) is 24.5 Å². The first kappa shape index (κ1) is 14.7. The summed E-state index contributed by atoms with van der Waals surface area (Å²) in [4.78, 5) is 2.52. The number of hydrogen-bond donors (Lipinski definition) is 1. The Bertz CT molecular complexity index is 236. The van der Waals surface area contributed by atoms with Gasteiger partial charge in [0.15, 0.2) is 0 Å². The van der Waals surface area contributed by atoms with Crippen molar-refractivity contribution < 1.29 is 4.74 Å². The molecule has 1 N–H and O–H groups in total. The van der Waals surface area contributed by atoms with E-state index in [0.29, 0.717) is 12.1 Å². The molecule has 0 atom stereocenters. The van der Waals surface area contributed by atoms with Crippen LogP contribution in [0.5, 0.6) is 0 Å². The number of hydrogen-bond acceptors (Lipinski definition) is 3. The largest absolute Gasteiger partial charge is 0.376 e. The molecule has 1 rings (SSSR count). The summed E-state index contributed by atoms with van der Waals surface area (Å²) in [5, 5.41) is 3.67. The molecule has 0 aliphatic carbocycles. The highest BCUT2D eigenvalue weighted by Crippen LogP contribution is 2.19. The molecule has 1 heterocycles. The summed E-state index contributed by atoms with van der Waals surface area (Å²) in [7, 11) is 0. The van der Waals surface area contributed by atoms with Crippen LogP contribution in [0.4, 0.5) is 0 Å². The van der Waals surface area contributed by atoms with Crippen LogP contribution in [0.1, 0.15) is 33.6 Å². The second-order valence-electron chi connectivity index (χ2n) is 5.20. The maximum atomic E-state index is 5.57. The lowest BCUT2D eigenvalue weighted by atomic mass is 9.90. The summed E-state index contributed by atoms with van der Waals surface area (Å²) < 4.78 is 5.57. The number of nitrogens with zero attached hydrogens (tertiary/aromatic N) is 1. The van der Waals surface area contributed by atoms with Gasteiger partial charge in [-0.15, -0.1) is 0 Å². The van der Waals surface area contributed by atoms with E-state index in [4.69, 9.17) is 4.74 Å². The van der Waals surface area contributed by atoms with Crippen LogP contribution >= 0.6 is 0 Å². The van der Waals surface area contributed by atoms with Crippen molar-refractivity contribution in [1.82, 2.24) is 10.2 Å². The van der Waals surface area contributed by atoms with Crippen molar-refractivity contribution in [2.24, 2.45) is 0 Å². The minimum Gasteiger partial charge on any atom is -0.376 e. The Kier molecular flexibility index (Phi) is 6.17. The summed E-state index contributed by atoms with van der Waals surface area (Å²) in [6.45, 7) is 16.3. The van der Waals surface area contributed by atoms with Gasteiger partial charge in [0.05, 0.1) is 13.2 Å². The Hall–Kier alpha value is -0.380. The minimum absolute atomic E-state index is 0.326. The lowest BCUT2D eigenvalue weighted by molar-refractivity contribution is 0.0775. The van der Waals surface area contributed by atoms with Crippen molar-refractivity contribution in [2.75, 3.05) is 39.4 Å². The predicted octanol–water partition coefficient (Wildman–Crippen LogP) is 2.04. The van der Waals surface area contributed by atoms with Gasteiger partial charge < -0.3 is 10.1 Å². The molecule has 0 radical (unpaired) electrons. The van der Waals surface area contributed by atoms with Gasteiger partial charge in [-0.05, 0) is 19.8 Å². The highest BCUT2D eigenvalue weighted by molar-refractivity contribution is 4.92. The van der Waals surface area contributed by atoms with Gasteiger partial charge in [0.1, 0.15) is 0 Å². The molecular formula is C14H28N2O. The van der Waals surface area contributed by atoms with Crippen LogP contribution in [-0.2, 0) is 4.74 Å². The summed E-state index contributed by atoms with van der Waals surface area (Å²) in [6.07, 6.45) is 2.40. The molecule has 0 aromatic rings. The average Bonchev–Trinajstić information content (AvgIpc) is 2.34. The van der Waals surface area contributed by atoms with Gasteiger partial charge in [-0.1, -0.05) is 26.0 Å². The van der Waals surface area contributed by atoms with Crippen LogP contribution in [0.3, 0.4) is 0 Å². The Morgan fingerprint density at radius 2 is 2.12 bits per heavy atom. The lowest BCUT2D eigenvalue weighted by Gasteiger charge is -2.43. The van der Waals surface area contributed by atoms with Gasteiger partial charge in [0.2, 0.25) is 0 Å². The molecule has 1 aliphatic rings. The van der Waals surface area contributed by atoms with Crippen LogP contribution in [0.2, 0.25) is 0 Å². The molecular weight excluding hydrogens is 212 g/mol. The molecule has 17 heavy (non-hydrogen) atoms. The number of rotatable bonds is 7. The maximum Gasteiger partial charge on any atom is 0.0672 e. The van der Waals surface area contributed by atoms with Crippen LogP contribution < -0.4 is 5.32 Å². The van der Waals surface area contributed by atoms with Crippen molar-refractivity contribution in [1.29, 1.82) is 0 Å². The Balaban J connectivity index is 2.27. The maximum absolute atomic E-state index is 5.57. The van der Waals surface area contributed by atoms with Gasteiger partial charge in [-0.2, -0.15) is 0 Å². The molecule has 3 heteroatoms. The zero-order chi connectivity index (χ0) is 12.7. The first-order chi connectivity index (χ1) is 8.12. The van der Waals surface area contributed by atoms with Crippen molar-refractivity contribution >= 4 is 0 Å². The fraction of sp³-hybridized carbons (Fsp3) is 0.857.